The standard InChI is InChI=1S/C18H20N4O3/c1-12-9-21-15(10-20-12)18(24)22-6-7-25-16-4-2-13(3-5-17(19)23)8-14(16)11-22/h2,4,8-10H,3,5-7,11H2,1H3,(H2,19,23). The molecule has 0 saturated heterocycles. The number of primary amides is 1. The summed E-state index contributed by atoms with van der Waals surface area (Å²) in [4.78, 5) is 33.6. The Balaban J connectivity index is 1.79. The Morgan fingerprint density at radius 2 is 2.12 bits per heavy atom. The second kappa shape index (κ2) is 7.29. The number of fused-ring (bicyclic) bond motifs is 1. The Bertz CT molecular complexity index is 789. The number of hydrogen-bond acceptors (Lipinski definition) is 5. The molecule has 0 radical (unpaired) electrons. The first kappa shape index (κ1) is 16.9. The zero-order valence-electron chi connectivity index (χ0n) is 14.1. The maximum atomic E-state index is 12.7. The van der Waals surface area contributed by atoms with E-state index in [9.17, 15) is 9.59 Å². The van der Waals surface area contributed by atoms with E-state index in [1.54, 1.807) is 11.1 Å². The monoisotopic (exact) mass is 340 g/mol. The van der Waals surface area contributed by atoms with Gasteiger partial charge in [-0.25, -0.2) is 4.98 Å². The summed E-state index contributed by atoms with van der Waals surface area (Å²) in [6, 6.07) is 5.76. The summed E-state index contributed by atoms with van der Waals surface area (Å²) in [6.45, 7) is 3.14. The van der Waals surface area contributed by atoms with Gasteiger partial charge in [-0.1, -0.05) is 12.1 Å². The van der Waals surface area contributed by atoms with Crippen LogP contribution in [0.4, 0.5) is 0 Å². The van der Waals surface area contributed by atoms with E-state index in [1.807, 2.05) is 25.1 Å². The number of hydrogen-bond donors (Lipinski definition) is 1. The van der Waals surface area contributed by atoms with Crippen LogP contribution < -0.4 is 10.5 Å². The first-order chi connectivity index (χ1) is 12.0. The first-order valence-corrected chi connectivity index (χ1v) is 8.14. The second-order valence-electron chi connectivity index (χ2n) is 6.03. The highest BCUT2D eigenvalue weighted by Gasteiger charge is 2.22. The van der Waals surface area contributed by atoms with Crippen molar-refractivity contribution in [3.05, 3.63) is 53.1 Å². The SMILES string of the molecule is Cc1cnc(C(=O)N2CCOc3ccc(CCC(N)=O)cc3C2)cn1. The van der Waals surface area contributed by atoms with Crippen LogP contribution in [0.25, 0.3) is 0 Å². The maximum Gasteiger partial charge on any atom is 0.274 e. The third-order valence-electron chi connectivity index (χ3n) is 4.05. The quantitative estimate of drug-likeness (QED) is 0.903. The van der Waals surface area contributed by atoms with E-state index in [0.29, 0.717) is 38.2 Å². The van der Waals surface area contributed by atoms with Crippen LogP contribution in [-0.2, 0) is 17.8 Å². The van der Waals surface area contributed by atoms with Crippen LogP contribution >= 0.6 is 0 Å². The van der Waals surface area contributed by atoms with E-state index in [4.69, 9.17) is 10.5 Å². The van der Waals surface area contributed by atoms with Gasteiger partial charge in [0, 0.05) is 24.7 Å². The third kappa shape index (κ3) is 4.12. The Labute approximate surface area is 145 Å². The van der Waals surface area contributed by atoms with Gasteiger partial charge < -0.3 is 15.4 Å². The van der Waals surface area contributed by atoms with Crippen molar-refractivity contribution in [2.75, 3.05) is 13.2 Å². The van der Waals surface area contributed by atoms with Crippen molar-refractivity contribution >= 4 is 11.8 Å². The van der Waals surface area contributed by atoms with Gasteiger partial charge in [0.2, 0.25) is 5.91 Å². The highest BCUT2D eigenvalue weighted by molar-refractivity contribution is 5.92. The van der Waals surface area contributed by atoms with Crippen LogP contribution in [0.15, 0.2) is 30.6 Å². The summed E-state index contributed by atoms with van der Waals surface area (Å²) < 4.78 is 5.74. The lowest BCUT2D eigenvalue weighted by Gasteiger charge is -2.19. The molecule has 1 aliphatic heterocycles. The molecule has 3 rings (SSSR count). The molecule has 2 heterocycles. The molecule has 0 atom stereocenters. The molecule has 0 aliphatic carbocycles. The number of benzene rings is 1. The van der Waals surface area contributed by atoms with Crippen LogP contribution in [-0.4, -0.2) is 39.8 Å². The van der Waals surface area contributed by atoms with E-state index in [1.165, 1.54) is 6.20 Å². The number of ether oxygens (including phenoxy) is 1. The minimum Gasteiger partial charge on any atom is -0.491 e. The largest absolute Gasteiger partial charge is 0.491 e. The van der Waals surface area contributed by atoms with E-state index in [-0.39, 0.29) is 11.8 Å². The lowest BCUT2D eigenvalue weighted by Crippen LogP contribution is -2.33. The van der Waals surface area contributed by atoms with Crippen LogP contribution in [0.5, 0.6) is 5.75 Å². The van der Waals surface area contributed by atoms with Gasteiger partial charge in [0.25, 0.3) is 5.91 Å². The molecule has 0 saturated carbocycles. The molecule has 0 unspecified atom stereocenters. The van der Waals surface area contributed by atoms with Crippen LogP contribution in [0.2, 0.25) is 0 Å². The number of carbonyl (C=O) groups excluding carboxylic acids is 2. The highest BCUT2D eigenvalue weighted by Crippen LogP contribution is 2.25. The summed E-state index contributed by atoms with van der Waals surface area (Å²) in [7, 11) is 0. The van der Waals surface area contributed by atoms with Crippen molar-refractivity contribution in [2.24, 2.45) is 5.73 Å². The lowest BCUT2D eigenvalue weighted by molar-refractivity contribution is -0.117. The van der Waals surface area contributed by atoms with Gasteiger partial charge in [-0.15, -0.1) is 0 Å². The zero-order chi connectivity index (χ0) is 17.8. The molecule has 1 aliphatic rings. The van der Waals surface area contributed by atoms with Crippen molar-refractivity contribution in [1.82, 2.24) is 14.9 Å². The molecule has 1 aromatic carbocycles. The number of rotatable bonds is 4. The Kier molecular flexibility index (Phi) is 4.92. The van der Waals surface area contributed by atoms with Gasteiger partial charge in [-0.2, -0.15) is 0 Å². The molecule has 0 spiro atoms. The van der Waals surface area contributed by atoms with Gasteiger partial charge in [0.1, 0.15) is 18.1 Å². The molecular formula is C18H20N4O3. The van der Waals surface area contributed by atoms with E-state index < -0.39 is 0 Å². The number of nitrogens with zero attached hydrogens (tertiary/aromatic N) is 3. The number of nitrogens with two attached hydrogens (primary N) is 1. The maximum absolute atomic E-state index is 12.7. The van der Waals surface area contributed by atoms with E-state index in [0.717, 1.165) is 22.6 Å². The van der Waals surface area contributed by atoms with E-state index in [2.05, 4.69) is 9.97 Å². The highest BCUT2D eigenvalue weighted by atomic mass is 16.5. The summed E-state index contributed by atoms with van der Waals surface area (Å²) >= 11 is 0. The van der Waals surface area contributed by atoms with Crippen molar-refractivity contribution in [3.8, 4) is 5.75 Å². The molecule has 7 nitrogen and oxygen atoms in total. The van der Waals surface area contributed by atoms with Crippen LogP contribution in [0, 0.1) is 6.92 Å². The molecule has 130 valence electrons. The minimum absolute atomic E-state index is 0.175. The molecule has 25 heavy (non-hydrogen) atoms. The fraction of sp³-hybridized carbons (Fsp3) is 0.333. The summed E-state index contributed by atoms with van der Waals surface area (Å²) in [5, 5.41) is 0. The first-order valence-electron chi connectivity index (χ1n) is 8.14. The summed E-state index contributed by atoms with van der Waals surface area (Å²) in [6.07, 6.45) is 3.94. The van der Waals surface area contributed by atoms with Gasteiger partial charge in [-0.3, -0.25) is 14.6 Å². The molecule has 1 aromatic heterocycles. The Morgan fingerprint density at radius 1 is 1.28 bits per heavy atom. The summed E-state index contributed by atoms with van der Waals surface area (Å²) in [5.74, 6) is 0.251. The van der Waals surface area contributed by atoms with Crippen molar-refractivity contribution < 1.29 is 14.3 Å². The number of amides is 2. The molecule has 2 N–H and O–H groups in total. The third-order valence-corrected chi connectivity index (χ3v) is 4.05. The van der Waals surface area contributed by atoms with Gasteiger partial charge in [0.15, 0.2) is 0 Å². The Hall–Kier alpha value is -2.96. The summed E-state index contributed by atoms with van der Waals surface area (Å²) in [5.41, 5.74) is 8.19. The molecule has 0 fully saturated rings. The van der Waals surface area contributed by atoms with Crippen LogP contribution in [0.1, 0.15) is 33.7 Å². The minimum atomic E-state index is -0.332. The van der Waals surface area contributed by atoms with Crippen molar-refractivity contribution in [2.45, 2.75) is 26.3 Å². The fourth-order valence-electron chi connectivity index (χ4n) is 2.71. The zero-order valence-corrected chi connectivity index (χ0v) is 14.1. The fourth-order valence-corrected chi connectivity index (χ4v) is 2.71. The number of aryl methyl sites for hydroxylation is 2. The second-order valence-corrected chi connectivity index (χ2v) is 6.03. The molecule has 2 amide bonds. The normalized spacial score (nSPS) is 13.6. The smallest absolute Gasteiger partial charge is 0.274 e. The Morgan fingerprint density at radius 3 is 2.84 bits per heavy atom. The molecule has 0 bridgehead atoms. The van der Waals surface area contributed by atoms with Gasteiger partial charge >= 0.3 is 0 Å². The van der Waals surface area contributed by atoms with Crippen LogP contribution in [0.3, 0.4) is 0 Å². The predicted molar refractivity (Wildman–Crippen MR) is 91.0 cm³/mol. The molecule has 2 aromatic rings. The van der Waals surface area contributed by atoms with Gasteiger partial charge in [-0.05, 0) is 25.0 Å². The molecule has 7 heteroatoms. The molecular weight excluding hydrogens is 320 g/mol. The van der Waals surface area contributed by atoms with E-state index >= 15 is 0 Å². The predicted octanol–water partition coefficient (Wildman–Crippen LogP) is 1.24. The van der Waals surface area contributed by atoms with Crippen molar-refractivity contribution in [3.63, 3.8) is 0 Å². The number of aromatic nitrogens is 2. The van der Waals surface area contributed by atoms with Gasteiger partial charge in [0.05, 0.1) is 18.4 Å². The average molecular weight is 340 g/mol. The van der Waals surface area contributed by atoms with Crippen molar-refractivity contribution in [1.29, 1.82) is 0 Å². The lowest BCUT2D eigenvalue weighted by atomic mass is 10.0. The number of carbonyl (C=O) groups is 2. The average Bonchev–Trinajstić information content (AvgIpc) is 2.81. The topological polar surface area (TPSA) is 98.4 Å².